The van der Waals surface area contributed by atoms with Gasteiger partial charge in [-0.2, -0.15) is 0 Å². The number of hydrogen-bond donors (Lipinski definition) is 17. The molecule has 17 N–H and O–H groups in total. The van der Waals surface area contributed by atoms with Gasteiger partial charge in [0.2, 0.25) is 0 Å². The molecule has 4 aliphatic carbocycles. The van der Waals surface area contributed by atoms with Gasteiger partial charge in [-0.15, -0.1) is 0 Å². The van der Waals surface area contributed by atoms with E-state index in [1.807, 2.05) is 20.8 Å². The molecular weight excluding hydrogens is 1140 g/mol. The predicted octanol–water partition coefficient (Wildman–Crippen LogP) is -3.74. The molecule has 0 aromatic carbocycles. The molecule has 27 heteroatoms. The molecule has 0 aromatic heterocycles. The number of fused-ring (bicyclic) bond motifs is 5. The van der Waals surface area contributed by atoms with Crippen molar-refractivity contribution in [2.75, 3.05) is 33.0 Å². The first-order valence-electron chi connectivity index (χ1n) is 30.8. The highest BCUT2D eigenvalue weighted by atomic mass is 16.8. The van der Waals surface area contributed by atoms with Crippen LogP contribution in [0, 0.1) is 45.3 Å². The second-order valence-electron chi connectivity index (χ2n) is 28.1. The third-order valence-corrected chi connectivity index (χ3v) is 22.6. The van der Waals surface area contributed by atoms with Crippen LogP contribution in [0.3, 0.4) is 0 Å². The summed E-state index contributed by atoms with van der Waals surface area (Å²) in [5.41, 5.74) is -1.87. The van der Waals surface area contributed by atoms with Crippen molar-refractivity contribution in [3.63, 3.8) is 0 Å². The molecule has 0 radical (unpaired) electrons. The molecule has 0 aromatic rings. The molecule has 34 atom stereocenters. The minimum atomic E-state index is -1.89. The fraction of sp³-hybridized carbons (Fsp3) is 0.966. The lowest BCUT2D eigenvalue weighted by molar-refractivity contribution is -0.395. The van der Waals surface area contributed by atoms with Gasteiger partial charge in [-0.05, 0) is 124 Å². The zero-order valence-corrected chi connectivity index (χ0v) is 50.5. The van der Waals surface area contributed by atoms with Crippen LogP contribution in [-0.4, -0.2) is 285 Å². The van der Waals surface area contributed by atoms with E-state index >= 15 is 0 Å². The van der Waals surface area contributed by atoms with Crippen molar-refractivity contribution in [1.29, 1.82) is 0 Å². The molecule has 27 nitrogen and oxygen atoms in total. The predicted molar refractivity (Wildman–Crippen MR) is 293 cm³/mol. The molecule has 5 heterocycles. The average Bonchev–Trinajstić information content (AvgIpc) is 1.26. The zero-order valence-electron chi connectivity index (χ0n) is 50.5. The summed E-state index contributed by atoms with van der Waals surface area (Å²) in [6.07, 6.45) is -33.5. The molecule has 0 bridgehead atoms. The van der Waals surface area contributed by atoms with E-state index in [2.05, 4.69) is 40.7 Å². The van der Waals surface area contributed by atoms with E-state index in [1.54, 1.807) is 0 Å². The maximum absolute atomic E-state index is 12.9. The summed E-state index contributed by atoms with van der Waals surface area (Å²) in [5.74, 6) is -0.656. The Balaban J connectivity index is 0.933. The highest BCUT2D eigenvalue weighted by molar-refractivity contribution is 5.21. The van der Waals surface area contributed by atoms with Crippen LogP contribution in [0.1, 0.15) is 113 Å². The lowest BCUT2D eigenvalue weighted by Crippen LogP contribution is -2.68. The number of aliphatic hydroxyl groups is 17. The van der Waals surface area contributed by atoms with Crippen LogP contribution in [0.2, 0.25) is 0 Å². The Morgan fingerprint density at radius 1 is 0.512 bits per heavy atom. The van der Waals surface area contributed by atoms with Crippen molar-refractivity contribution in [3.05, 3.63) is 11.6 Å². The monoisotopic (exact) mass is 1240 g/mol. The van der Waals surface area contributed by atoms with Gasteiger partial charge in [0.25, 0.3) is 0 Å². The van der Waals surface area contributed by atoms with Crippen LogP contribution in [0.4, 0.5) is 0 Å². The summed E-state index contributed by atoms with van der Waals surface area (Å²) >= 11 is 0. The summed E-state index contributed by atoms with van der Waals surface area (Å²) in [4.78, 5) is 0. The Bertz CT molecular complexity index is 2260. The van der Waals surface area contributed by atoms with E-state index < -0.39 is 209 Å². The third-order valence-electron chi connectivity index (χ3n) is 22.6. The second kappa shape index (κ2) is 26.6. The van der Waals surface area contributed by atoms with Crippen LogP contribution in [-0.2, 0) is 47.4 Å². The Morgan fingerprint density at radius 3 is 1.59 bits per heavy atom. The summed E-state index contributed by atoms with van der Waals surface area (Å²) < 4.78 is 61.1. The zero-order chi connectivity index (χ0) is 63.1. The quantitative estimate of drug-likeness (QED) is 0.0463. The molecule has 9 rings (SSSR count). The van der Waals surface area contributed by atoms with Crippen molar-refractivity contribution in [3.8, 4) is 0 Å². The Kier molecular flexibility index (Phi) is 21.3. The van der Waals surface area contributed by atoms with Gasteiger partial charge < -0.3 is 134 Å². The first kappa shape index (κ1) is 69.0. The van der Waals surface area contributed by atoms with Gasteiger partial charge in [-0.3, -0.25) is 0 Å². The van der Waals surface area contributed by atoms with Gasteiger partial charge in [0.15, 0.2) is 31.5 Å². The van der Waals surface area contributed by atoms with Crippen LogP contribution < -0.4 is 0 Å². The molecule has 498 valence electrons. The van der Waals surface area contributed by atoms with Crippen molar-refractivity contribution in [2.45, 2.75) is 278 Å². The third kappa shape index (κ3) is 12.3. The molecule has 9 fully saturated rings. The Morgan fingerprint density at radius 2 is 1.01 bits per heavy atom. The topological polar surface area (TPSA) is 436 Å². The fourth-order valence-corrected chi connectivity index (χ4v) is 17.4. The summed E-state index contributed by atoms with van der Waals surface area (Å²) in [7, 11) is 0. The van der Waals surface area contributed by atoms with Gasteiger partial charge in [0, 0.05) is 0 Å². The Labute approximate surface area is 501 Å². The van der Waals surface area contributed by atoms with Gasteiger partial charge >= 0.3 is 0 Å². The van der Waals surface area contributed by atoms with Gasteiger partial charge in [0.1, 0.15) is 116 Å². The van der Waals surface area contributed by atoms with Crippen molar-refractivity contribution in [2.24, 2.45) is 45.3 Å². The summed E-state index contributed by atoms with van der Waals surface area (Å²) in [6, 6.07) is 0. The van der Waals surface area contributed by atoms with E-state index in [4.69, 9.17) is 47.4 Å². The van der Waals surface area contributed by atoms with E-state index in [9.17, 15) is 86.8 Å². The molecule has 0 unspecified atom stereocenters. The maximum atomic E-state index is 12.9. The molecule has 9 aliphatic rings. The van der Waals surface area contributed by atoms with Crippen LogP contribution in [0.15, 0.2) is 11.6 Å². The standard InChI is InChI=1S/C59H100O27/c1-24(2)10-9-14-59(8,86-52-47(76)42(71)40(69)31(82-52)23-78-50-46(75)41(70)37(66)28(19-60)79-50)25-11-16-58(7)35(25)26(63)18-33-56(5)15-13-34(55(3,4)32(56)12-17-57(33,58)6)83-53-48(43(72)38(67)29(20-61)80-53)85-54-49(44(73)39(68)30(21-62)81-54)84-51-45(74)36(65)27(64)22-77-51/h10,25-54,60-76H,9,11-23H2,1-8H3/t25-,26+,27+,28+,29+,30+,31+,32-,33+,34-,35-,36-,37+,38+,39+,40+,41-,42-,43-,44-,45+,46+,47+,48+,49+,50+,51-,52-,53-,54-,56-,57+,58+,59-/m0/s1. The number of aliphatic hydroxyl groups excluding tert-OH is 17. The van der Waals surface area contributed by atoms with Crippen molar-refractivity contribution < 1.29 is 134 Å². The van der Waals surface area contributed by atoms with Crippen LogP contribution in [0.5, 0.6) is 0 Å². The minimum absolute atomic E-state index is 0.0122. The summed E-state index contributed by atoms with van der Waals surface area (Å²) in [6.45, 7) is 13.8. The second-order valence-corrected chi connectivity index (χ2v) is 28.1. The van der Waals surface area contributed by atoms with Gasteiger partial charge in [-0.1, -0.05) is 46.3 Å². The van der Waals surface area contributed by atoms with Crippen LogP contribution >= 0.6 is 0 Å². The average molecular weight is 1240 g/mol. The molecule has 0 amide bonds. The lowest BCUT2D eigenvalue weighted by atomic mass is 9.35. The molecular formula is C59H100O27. The van der Waals surface area contributed by atoms with E-state index in [0.717, 1.165) is 24.8 Å². The molecule has 5 saturated heterocycles. The molecule has 0 spiro atoms. The molecule has 86 heavy (non-hydrogen) atoms. The van der Waals surface area contributed by atoms with E-state index in [1.165, 1.54) is 0 Å². The van der Waals surface area contributed by atoms with Gasteiger partial charge in [-0.25, -0.2) is 0 Å². The number of rotatable bonds is 18. The normalized spacial score (nSPS) is 52.9. The molecule has 5 aliphatic heterocycles. The maximum Gasteiger partial charge on any atom is 0.187 e. The Hall–Kier alpha value is -1.34. The van der Waals surface area contributed by atoms with E-state index in [-0.39, 0.29) is 34.5 Å². The van der Waals surface area contributed by atoms with E-state index in [0.29, 0.717) is 38.5 Å². The number of allylic oxidation sites excluding steroid dienone is 2. The smallest absolute Gasteiger partial charge is 0.187 e. The highest BCUT2D eigenvalue weighted by Gasteiger charge is 2.72. The first-order chi connectivity index (χ1) is 40.3. The van der Waals surface area contributed by atoms with Crippen molar-refractivity contribution in [1.82, 2.24) is 0 Å². The SMILES string of the molecule is CC(C)=CCC[C@](C)(O[C@@H]1O[C@H](CO[C@@H]2O[C@H](CO)[C@@H](O)[C@H](O)[C@H]2O)[C@@H](O)[C@H](O)[C@H]1O)[C@H]1CC[C@]2(C)[C@@H]1[C@H](O)C[C@@H]1[C@@]3(C)CC[C@H](O[C@@H]4O[C@H](CO)[C@@H](O)[C@H](O)[C@H]4O[C@@H]4O[C@H](CO)[C@@H](O)[C@H](O)[C@H]4O[C@@H]4OC[C@@H](O)[C@H](O)[C@H]4O)C(C)(C)[C@@H]3CC[C@]12C. The molecule has 4 saturated carbocycles. The van der Waals surface area contributed by atoms with Crippen molar-refractivity contribution >= 4 is 0 Å². The number of hydrogen-bond acceptors (Lipinski definition) is 27. The number of ether oxygens (including phenoxy) is 10. The van der Waals surface area contributed by atoms with Crippen LogP contribution in [0.25, 0.3) is 0 Å². The first-order valence-corrected chi connectivity index (χ1v) is 30.8. The largest absolute Gasteiger partial charge is 0.394 e. The van der Waals surface area contributed by atoms with Gasteiger partial charge in [0.05, 0.1) is 50.8 Å². The highest BCUT2D eigenvalue weighted by Crippen LogP contribution is 2.76. The fourth-order valence-electron chi connectivity index (χ4n) is 17.4. The lowest BCUT2D eigenvalue weighted by Gasteiger charge is -2.71. The summed E-state index contributed by atoms with van der Waals surface area (Å²) in [5, 5.41) is 185. The minimum Gasteiger partial charge on any atom is -0.394 e.